The van der Waals surface area contributed by atoms with E-state index in [4.69, 9.17) is 10.00 Å². The molecule has 13 heavy (non-hydrogen) atoms. The highest BCUT2D eigenvalue weighted by atomic mass is 32.2. The summed E-state index contributed by atoms with van der Waals surface area (Å²) < 4.78 is 4.75. The molecule has 0 rings (SSSR count). The molecule has 0 aromatic heterocycles. The summed E-state index contributed by atoms with van der Waals surface area (Å²) >= 11 is 1.73. The molecule has 0 aliphatic carbocycles. The van der Waals surface area contributed by atoms with Gasteiger partial charge in [0.05, 0.1) is 12.7 Å². The lowest BCUT2D eigenvalue weighted by molar-refractivity contribution is -0.146. The fraction of sp³-hybridized carbons (Fsp3) is 0.778. The minimum absolute atomic E-state index is 0.345. The number of hydrogen-bond donors (Lipinski definition) is 0. The first kappa shape index (κ1) is 12.3. The first-order chi connectivity index (χ1) is 6.26. The molecule has 0 saturated carbocycles. The van der Waals surface area contributed by atoms with Crippen LogP contribution in [-0.2, 0) is 9.53 Å². The molecule has 0 N–H and O–H groups in total. The van der Waals surface area contributed by atoms with Crippen molar-refractivity contribution in [2.75, 3.05) is 18.1 Å². The van der Waals surface area contributed by atoms with Crippen LogP contribution in [0.15, 0.2) is 0 Å². The molecule has 0 radical (unpaired) electrons. The van der Waals surface area contributed by atoms with Gasteiger partial charge in [0.15, 0.2) is 0 Å². The first-order valence-electron chi connectivity index (χ1n) is 4.40. The summed E-state index contributed by atoms with van der Waals surface area (Å²) in [5.74, 6) is 0.884. The maximum absolute atomic E-state index is 11.1. The molecule has 0 aromatic carbocycles. The van der Waals surface area contributed by atoms with Crippen LogP contribution >= 0.6 is 11.8 Å². The molecule has 0 saturated heterocycles. The summed E-state index contributed by atoms with van der Waals surface area (Å²) in [6, 6.07) is 1.96. The van der Waals surface area contributed by atoms with Gasteiger partial charge in [-0.05, 0) is 24.9 Å². The van der Waals surface area contributed by atoms with Crippen LogP contribution in [-0.4, -0.2) is 24.1 Å². The van der Waals surface area contributed by atoms with Crippen LogP contribution in [0, 0.1) is 17.2 Å². The predicted molar refractivity (Wildman–Crippen MR) is 53.4 cm³/mol. The standard InChI is InChI=1S/C9H15NO2S/c1-3-12-9(11)8(7-10)5-6-13-4-2/h8H,3-6H2,1-2H3. The fourth-order valence-electron chi connectivity index (χ4n) is 0.823. The number of hydrogen-bond acceptors (Lipinski definition) is 4. The molecule has 0 aromatic rings. The van der Waals surface area contributed by atoms with E-state index in [-0.39, 0.29) is 5.97 Å². The van der Waals surface area contributed by atoms with E-state index in [1.165, 1.54) is 0 Å². The number of ether oxygens (including phenoxy) is 1. The Morgan fingerprint density at radius 1 is 1.62 bits per heavy atom. The zero-order chi connectivity index (χ0) is 10.1. The van der Waals surface area contributed by atoms with Gasteiger partial charge in [-0.25, -0.2) is 0 Å². The molecule has 3 nitrogen and oxygen atoms in total. The van der Waals surface area contributed by atoms with Crippen molar-refractivity contribution >= 4 is 17.7 Å². The summed E-state index contributed by atoms with van der Waals surface area (Å²) in [5, 5.41) is 8.66. The Morgan fingerprint density at radius 2 is 2.31 bits per heavy atom. The molecule has 74 valence electrons. The van der Waals surface area contributed by atoms with Gasteiger partial charge >= 0.3 is 5.97 Å². The second kappa shape index (κ2) is 7.93. The zero-order valence-electron chi connectivity index (χ0n) is 8.08. The third kappa shape index (κ3) is 5.53. The molecule has 0 aliphatic heterocycles. The minimum atomic E-state index is -0.584. The monoisotopic (exact) mass is 201 g/mol. The highest BCUT2D eigenvalue weighted by Crippen LogP contribution is 2.10. The Balaban J connectivity index is 3.76. The van der Waals surface area contributed by atoms with Crippen molar-refractivity contribution in [3.63, 3.8) is 0 Å². The third-order valence-corrected chi connectivity index (χ3v) is 2.41. The second-order valence-corrected chi connectivity index (χ2v) is 3.81. The number of nitrogens with zero attached hydrogens (tertiary/aromatic N) is 1. The summed E-state index contributed by atoms with van der Waals surface area (Å²) in [7, 11) is 0. The van der Waals surface area contributed by atoms with E-state index in [0.717, 1.165) is 11.5 Å². The summed E-state index contributed by atoms with van der Waals surface area (Å²) in [6.07, 6.45) is 0.591. The van der Waals surface area contributed by atoms with E-state index >= 15 is 0 Å². The summed E-state index contributed by atoms with van der Waals surface area (Å²) in [4.78, 5) is 11.1. The molecule has 0 heterocycles. The van der Waals surface area contributed by atoms with Gasteiger partial charge in [0.2, 0.25) is 0 Å². The Labute approximate surface area is 83.4 Å². The van der Waals surface area contributed by atoms with E-state index in [2.05, 4.69) is 6.92 Å². The van der Waals surface area contributed by atoms with Crippen LogP contribution in [0.5, 0.6) is 0 Å². The topological polar surface area (TPSA) is 50.1 Å². The number of carbonyl (C=O) groups is 1. The van der Waals surface area contributed by atoms with Crippen molar-refractivity contribution in [2.45, 2.75) is 20.3 Å². The summed E-state index contributed by atoms with van der Waals surface area (Å²) in [6.45, 7) is 4.14. The number of carbonyl (C=O) groups excluding carboxylic acids is 1. The Bertz CT molecular complexity index is 189. The lowest BCUT2D eigenvalue weighted by Gasteiger charge is -2.06. The lowest BCUT2D eigenvalue weighted by Crippen LogP contribution is -2.16. The van der Waals surface area contributed by atoms with Crippen molar-refractivity contribution in [3.05, 3.63) is 0 Å². The van der Waals surface area contributed by atoms with Gasteiger partial charge in [0.1, 0.15) is 5.92 Å². The van der Waals surface area contributed by atoms with Crippen LogP contribution in [0.3, 0.4) is 0 Å². The van der Waals surface area contributed by atoms with E-state index < -0.39 is 5.92 Å². The number of rotatable bonds is 6. The highest BCUT2D eigenvalue weighted by Gasteiger charge is 2.17. The molecule has 0 spiro atoms. The van der Waals surface area contributed by atoms with Gasteiger partial charge in [-0.15, -0.1) is 0 Å². The normalized spacial score (nSPS) is 11.8. The van der Waals surface area contributed by atoms with E-state index in [1.807, 2.05) is 6.07 Å². The number of esters is 1. The van der Waals surface area contributed by atoms with Crippen LogP contribution in [0.25, 0.3) is 0 Å². The van der Waals surface area contributed by atoms with Gasteiger partial charge in [-0.3, -0.25) is 4.79 Å². The van der Waals surface area contributed by atoms with Crippen molar-refractivity contribution in [1.82, 2.24) is 0 Å². The van der Waals surface area contributed by atoms with Gasteiger partial charge in [0.25, 0.3) is 0 Å². The molecular formula is C9H15NO2S. The largest absolute Gasteiger partial charge is 0.465 e. The Hall–Kier alpha value is -0.690. The van der Waals surface area contributed by atoms with Crippen molar-refractivity contribution < 1.29 is 9.53 Å². The van der Waals surface area contributed by atoms with E-state index in [1.54, 1.807) is 18.7 Å². The SMILES string of the molecule is CCOC(=O)C(C#N)CCSCC. The van der Waals surface area contributed by atoms with Gasteiger partial charge in [-0.1, -0.05) is 6.92 Å². The van der Waals surface area contributed by atoms with Crippen molar-refractivity contribution in [2.24, 2.45) is 5.92 Å². The molecule has 0 amide bonds. The number of thioether (sulfide) groups is 1. The van der Waals surface area contributed by atoms with Crippen LogP contribution in [0.1, 0.15) is 20.3 Å². The Kier molecular flexibility index (Phi) is 7.51. The van der Waals surface area contributed by atoms with Gasteiger partial charge in [-0.2, -0.15) is 17.0 Å². The maximum Gasteiger partial charge on any atom is 0.323 e. The molecular weight excluding hydrogens is 186 g/mol. The fourth-order valence-corrected chi connectivity index (χ4v) is 1.51. The average molecular weight is 201 g/mol. The van der Waals surface area contributed by atoms with Crippen molar-refractivity contribution in [3.8, 4) is 6.07 Å². The average Bonchev–Trinajstić information content (AvgIpc) is 2.13. The Morgan fingerprint density at radius 3 is 2.77 bits per heavy atom. The van der Waals surface area contributed by atoms with E-state index in [0.29, 0.717) is 13.0 Å². The third-order valence-electron chi connectivity index (χ3n) is 1.48. The quantitative estimate of drug-likeness (QED) is 0.486. The van der Waals surface area contributed by atoms with Crippen LogP contribution in [0.2, 0.25) is 0 Å². The molecule has 0 aliphatic rings. The first-order valence-corrected chi connectivity index (χ1v) is 5.55. The lowest BCUT2D eigenvalue weighted by atomic mass is 10.1. The number of nitriles is 1. The zero-order valence-corrected chi connectivity index (χ0v) is 8.89. The van der Waals surface area contributed by atoms with Crippen LogP contribution < -0.4 is 0 Å². The molecule has 0 fully saturated rings. The second-order valence-electron chi connectivity index (χ2n) is 2.42. The maximum atomic E-state index is 11.1. The van der Waals surface area contributed by atoms with Gasteiger partial charge < -0.3 is 4.74 Å². The smallest absolute Gasteiger partial charge is 0.323 e. The molecule has 1 atom stereocenters. The summed E-state index contributed by atoms with van der Waals surface area (Å²) in [5.41, 5.74) is 0. The molecule has 4 heteroatoms. The van der Waals surface area contributed by atoms with Crippen LogP contribution in [0.4, 0.5) is 0 Å². The highest BCUT2D eigenvalue weighted by molar-refractivity contribution is 7.99. The predicted octanol–water partition coefficient (Wildman–Crippen LogP) is 1.83. The van der Waals surface area contributed by atoms with Gasteiger partial charge in [0, 0.05) is 0 Å². The van der Waals surface area contributed by atoms with E-state index in [9.17, 15) is 4.79 Å². The molecule has 0 bridgehead atoms. The molecule has 1 unspecified atom stereocenters. The minimum Gasteiger partial charge on any atom is -0.465 e. The van der Waals surface area contributed by atoms with Crippen molar-refractivity contribution in [1.29, 1.82) is 5.26 Å².